The summed E-state index contributed by atoms with van der Waals surface area (Å²) >= 11 is 0. The number of aliphatic hydroxyl groups is 1. The van der Waals surface area contributed by atoms with Crippen LogP contribution >= 0.6 is 0 Å². The van der Waals surface area contributed by atoms with Crippen LogP contribution in [0, 0.1) is 0 Å². The minimum atomic E-state index is -0.301. The molecule has 1 aliphatic rings. The normalized spacial score (nSPS) is 15.7. The average molecular weight is 305 g/mol. The van der Waals surface area contributed by atoms with Gasteiger partial charge in [-0.1, -0.05) is 13.0 Å². The molecule has 3 amide bonds. The van der Waals surface area contributed by atoms with E-state index >= 15 is 0 Å². The van der Waals surface area contributed by atoms with E-state index in [1.807, 2.05) is 19.1 Å². The van der Waals surface area contributed by atoms with Crippen LogP contribution in [0.5, 0.6) is 0 Å². The maximum atomic E-state index is 12.0. The third-order valence-corrected chi connectivity index (χ3v) is 3.79. The van der Waals surface area contributed by atoms with Gasteiger partial charge < -0.3 is 20.6 Å². The van der Waals surface area contributed by atoms with E-state index in [-0.39, 0.29) is 24.6 Å². The van der Waals surface area contributed by atoms with Crippen LogP contribution in [-0.2, 0) is 4.79 Å². The predicted molar refractivity (Wildman–Crippen MR) is 86.0 cm³/mol. The van der Waals surface area contributed by atoms with E-state index in [9.17, 15) is 9.59 Å². The van der Waals surface area contributed by atoms with Crippen LogP contribution in [0.1, 0.15) is 32.6 Å². The van der Waals surface area contributed by atoms with E-state index in [0.717, 1.165) is 25.1 Å². The average Bonchev–Trinajstić information content (AvgIpc) is 2.93. The molecular weight excluding hydrogens is 282 g/mol. The molecule has 2 rings (SSSR count). The minimum Gasteiger partial charge on any atom is -0.396 e. The van der Waals surface area contributed by atoms with Crippen molar-refractivity contribution in [2.24, 2.45) is 0 Å². The second-order valence-electron chi connectivity index (χ2n) is 5.42. The van der Waals surface area contributed by atoms with E-state index in [1.54, 1.807) is 17.0 Å². The smallest absolute Gasteiger partial charge is 0.319 e. The molecule has 6 nitrogen and oxygen atoms in total. The van der Waals surface area contributed by atoms with Gasteiger partial charge in [0.15, 0.2) is 0 Å². The Labute approximate surface area is 130 Å². The quantitative estimate of drug-likeness (QED) is 0.752. The third-order valence-electron chi connectivity index (χ3n) is 3.79. The number of urea groups is 1. The van der Waals surface area contributed by atoms with Gasteiger partial charge in [0.05, 0.1) is 0 Å². The first kappa shape index (κ1) is 16.3. The van der Waals surface area contributed by atoms with Crippen molar-refractivity contribution in [2.45, 2.75) is 38.6 Å². The zero-order valence-corrected chi connectivity index (χ0v) is 12.8. The Kier molecular flexibility index (Phi) is 5.77. The lowest BCUT2D eigenvalue weighted by molar-refractivity contribution is -0.117. The van der Waals surface area contributed by atoms with E-state index in [4.69, 9.17) is 5.11 Å². The lowest BCUT2D eigenvalue weighted by Crippen LogP contribution is -2.38. The van der Waals surface area contributed by atoms with Gasteiger partial charge in [0.1, 0.15) is 0 Å². The van der Waals surface area contributed by atoms with Gasteiger partial charge in [-0.3, -0.25) is 4.79 Å². The Balaban J connectivity index is 1.98. The van der Waals surface area contributed by atoms with Crippen LogP contribution in [0.2, 0.25) is 0 Å². The summed E-state index contributed by atoms with van der Waals surface area (Å²) in [5, 5.41) is 14.5. The molecule has 0 aromatic heterocycles. The molecule has 1 aliphatic heterocycles. The van der Waals surface area contributed by atoms with Crippen LogP contribution in [0.25, 0.3) is 0 Å². The largest absolute Gasteiger partial charge is 0.396 e. The van der Waals surface area contributed by atoms with Gasteiger partial charge in [0, 0.05) is 37.0 Å². The van der Waals surface area contributed by atoms with Gasteiger partial charge in [0.25, 0.3) is 0 Å². The molecule has 6 heteroatoms. The molecule has 1 atom stereocenters. The lowest BCUT2D eigenvalue weighted by Gasteiger charge is -2.18. The number of nitrogens with one attached hydrogen (secondary N) is 2. The highest BCUT2D eigenvalue weighted by Crippen LogP contribution is 2.24. The molecule has 1 fully saturated rings. The number of carbonyl (C=O) groups excluding carboxylic acids is 2. The molecule has 22 heavy (non-hydrogen) atoms. The number of nitrogens with zero attached hydrogens (tertiary/aromatic N) is 1. The lowest BCUT2D eigenvalue weighted by atomic mass is 10.1. The van der Waals surface area contributed by atoms with Crippen LogP contribution in [0.4, 0.5) is 16.2 Å². The first-order chi connectivity index (χ1) is 10.6. The molecule has 0 bridgehead atoms. The van der Waals surface area contributed by atoms with E-state index in [0.29, 0.717) is 18.5 Å². The molecule has 0 spiro atoms. The summed E-state index contributed by atoms with van der Waals surface area (Å²) in [4.78, 5) is 25.5. The first-order valence-electron chi connectivity index (χ1n) is 7.73. The summed E-state index contributed by atoms with van der Waals surface area (Å²) in [5.41, 5.74) is 1.45. The molecule has 1 unspecified atom stereocenters. The van der Waals surface area contributed by atoms with Gasteiger partial charge >= 0.3 is 6.03 Å². The second kappa shape index (κ2) is 7.79. The van der Waals surface area contributed by atoms with Crippen LogP contribution in [0.3, 0.4) is 0 Å². The van der Waals surface area contributed by atoms with Gasteiger partial charge in [-0.25, -0.2) is 4.79 Å². The second-order valence-corrected chi connectivity index (χ2v) is 5.42. The SMILES string of the molecule is CCC(CCO)NC(=O)Nc1cccc(N2CCCC2=O)c1. The van der Waals surface area contributed by atoms with Crippen molar-refractivity contribution in [3.8, 4) is 0 Å². The molecule has 1 heterocycles. The molecule has 0 aliphatic carbocycles. The van der Waals surface area contributed by atoms with E-state index < -0.39 is 0 Å². The van der Waals surface area contributed by atoms with Crippen LogP contribution < -0.4 is 15.5 Å². The number of benzene rings is 1. The van der Waals surface area contributed by atoms with Crippen LogP contribution in [-0.4, -0.2) is 36.2 Å². The highest BCUT2D eigenvalue weighted by molar-refractivity contribution is 5.96. The summed E-state index contributed by atoms with van der Waals surface area (Å²) in [6.07, 6.45) is 2.75. The Morgan fingerprint density at radius 3 is 2.91 bits per heavy atom. The zero-order valence-electron chi connectivity index (χ0n) is 12.8. The Hall–Kier alpha value is -2.08. The summed E-state index contributed by atoms with van der Waals surface area (Å²) in [6.45, 7) is 2.73. The van der Waals surface area contributed by atoms with Crippen molar-refractivity contribution in [3.63, 3.8) is 0 Å². The predicted octanol–water partition coefficient (Wildman–Crippen LogP) is 2.10. The summed E-state index contributed by atoms with van der Waals surface area (Å²) in [7, 11) is 0. The summed E-state index contributed by atoms with van der Waals surface area (Å²) < 4.78 is 0. The number of hydrogen-bond donors (Lipinski definition) is 3. The van der Waals surface area contributed by atoms with Crippen molar-refractivity contribution in [3.05, 3.63) is 24.3 Å². The molecule has 1 saturated heterocycles. The topological polar surface area (TPSA) is 81.7 Å². The molecule has 120 valence electrons. The molecule has 0 saturated carbocycles. The molecule has 1 aromatic rings. The monoisotopic (exact) mass is 305 g/mol. The maximum Gasteiger partial charge on any atom is 0.319 e. The fraction of sp³-hybridized carbons (Fsp3) is 0.500. The Bertz CT molecular complexity index is 533. The van der Waals surface area contributed by atoms with Crippen molar-refractivity contribution < 1.29 is 14.7 Å². The zero-order chi connectivity index (χ0) is 15.9. The Morgan fingerprint density at radius 1 is 1.45 bits per heavy atom. The highest BCUT2D eigenvalue weighted by atomic mass is 16.3. The molecule has 0 radical (unpaired) electrons. The van der Waals surface area contributed by atoms with E-state index in [1.165, 1.54) is 0 Å². The van der Waals surface area contributed by atoms with Crippen molar-refractivity contribution in [1.82, 2.24) is 5.32 Å². The maximum absolute atomic E-state index is 12.0. The van der Waals surface area contributed by atoms with Gasteiger partial charge in [-0.2, -0.15) is 0 Å². The molecular formula is C16H23N3O3. The van der Waals surface area contributed by atoms with Crippen LogP contribution in [0.15, 0.2) is 24.3 Å². The highest BCUT2D eigenvalue weighted by Gasteiger charge is 2.21. The van der Waals surface area contributed by atoms with Crippen molar-refractivity contribution >= 4 is 23.3 Å². The van der Waals surface area contributed by atoms with Gasteiger partial charge in [-0.05, 0) is 37.5 Å². The first-order valence-corrected chi connectivity index (χ1v) is 7.73. The summed E-state index contributed by atoms with van der Waals surface area (Å²) in [5.74, 6) is 0.121. The minimum absolute atomic E-state index is 0.0470. The fourth-order valence-electron chi connectivity index (χ4n) is 2.56. The Morgan fingerprint density at radius 2 is 2.27 bits per heavy atom. The molecule has 3 N–H and O–H groups in total. The standard InChI is InChI=1S/C16H23N3O3/c1-2-12(8-10-20)17-16(22)18-13-5-3-6-14(11-13)19-9-4-7-15(19)21/h3,5-6,11-12,20H,2,4,7-10H2,1H3,(H2,17,18,22). The van der Waals surface area contributed by atoms with E-state index in [2.05, 4.69) is 10.6 Å². The van der Waals surface area contributed by atoms with Crippen molar-refractivity contribution in [2.75, 3.05) is 23.4 Å². The van der Waals surface area contributed by atoms with Crippen molar-refractivity contribution in [1.29, 1.82) is 0 Å². The number of amides is 3. The summed E-state index contributed by atoms with van der Waals surface area (Å²) in [6, 6.07) is 6.93. The third kappa shape index (κ3) is 4.21. The number of aliphatic hydroxyl groups excluding tert-OH is 1. The van der Waals surface area contributed by atoms with Gasteiger partial charge in [-0.15, -0.1) is 0 Å². The number of carbonyl (C=O) groups is 2. The van der Waals surface area contributed by atoms with Gasteiger partial charge in [0.2, 0.25) is 5.91 Å². The fourth-order valence-corrected chi connectivity index (χ4v) is 2.56. The number of anilines is 2. The number of rotatable bonds is 6. The number of hydrogen-bond acceptors (Lipinski definition) is 3. The molecule has 1 aromatic carbocycles.